The molecule has 0 unspecified atom stereocenters. The first-order valence-electron chi connectivity index (χ1n) is 8.63. The van der Waals surface area contributed by atoms with Crippen molar-refractivity contribution in [2.75, 3.05) is 24.7 Å². The molecule has 2 heterocycles. The van der Waals surface area contributed by atoms with Crippen LogP contribution < -0.4 is 5.73 Å². The van der Waals surface area contributed by atoms with Gasteiger partial charge in [0, 0.05) is 11.7 Å². The van der Waals surface area contributed by atoms with Gasteiger partial charge in [0.1, 0.15) is 6.10 Å². The largest absolute Gasteiger partial charge is 0.394 e. The molecule has 3 rings (SSSR count). The van der Waals surface area contributed by atoms with Crippen LogP contribution in [0.3, 0.4) is 0 Å². The smallest absolute Gasteiger partial charge is 0.191 e. The van der Waals surface area contributed by atoms with E-state index in [2.05, 4.69) is 27.2 Å². The van der Waals surface area contributed by atoms with Gasteiger partial charge in [0.25, 0.3) is 0 Å². The van der Waals surface area contributed by atoms with Crippen LogP contribution in [0.25, 0.3) is 11.2 Å². The summed E-state index contributed by atoms with van der Waals surface area (Å²) in [4.78, 5) is 8.73. The van der Waals surface area contributed by atoms with Crippen LogP contribution in [-0.2, 0) is 11.3 Å². The molecule has 4 atom stereocenters. The van der Waals surface area contributed by atoms with E-state index in [1.165, 1.54) is 11.8 Å². The summed E-state index contributed by atoms with van der Waals surface area (Å²) in [5.74, 6) is 0.877. The van der Waals surface area contributed by atoms with Crippen LogP contribution in [-0.4, -0.2) is 77.6 Å². The lowest BCUT2D eigenvalue weighted by atomic mass is 10.1. The fraction of sp³-hybridized carbons (Fsp3) is 0.733. The van der Waals surface area contributed by atoms with Crippen LogP contribution in [0.1, 0.15) is 19.8 Å². The molecule has 26 heavy (non-hydrogen) atoms. The molecule has 0 bridgehead atoms. The Morgan fingerprint density at radius 2 is 2.12 bits per heavy atom. The number of hydrogen-bond acceptors (Lipinski definition) is 10. The molecule has 11 heteroatoms. The summed E-state index contributed by atoms with van der Waals surface area (Å²) >= 11 is 1.51. The van der Waals surface area contributed by atoms with Gasteiger partial charge in [-0.3, -0.25) is 0 Å². The van der Waals surface area contributed by atoms with Gasteiger partial charge in [0.05, 0.1) is 32.0 Å². The first-order valence-corrected chi connectivity index (χ1v) is 9.61. The second kappa shape index (κ2) is 8.44. The van der Waals surface area contributed by atoms with Crippen molar-refractivity contribution < 1.29 is 20.1 Å². The highest BCUT2D eigenvalue weighted by Gasteiger charge is 2.42. The van der Waals surface area contributed by atoms with Gasteiger partial charge in [-0.2, -0.15) is 0 Å². The Morgan fingerprint density at radius 1 is 1.31 bits per heavy atom. The molecule has 1 aliphatic carbocycles. The molecule has 2 aromatic rings. The quantitative estimate of drug-likeness (QED) is 0.343. The fourth-order valence-electron chi connectivity index (χ4n) is 3.09. The number of nitrogen functional groups attached to an aromatic ring is 1. The van der Waals surface area contributed by atoms with Crippen LogP contribution in [0.4, 0.5) is 5.82 Å². The lowest BCUT2D eigenvalue weighted by Gasteiger charge is -2.17. The van der Waals surface area contributed by atoms with E-state index in [0.29, 0.717) is 29.3 Å². The van der Waals surface area contributed by atoms with Crippen molar-refractivity contribution >= 4 is 28.7 Å². The Morgan fingerprint density at radius 3 is 2.85 bits per heavy atom. The number of ether oxygens (including phenoxy) is 1. The third-order valence-corrected chi connectivity index (χ3v) is 5.44. The number of aliphatic hydroxyl groups excluding tert-OH is 3. The maximum absolute atomic E-state index is 10.3. The zero-order valence-corrected chi connectivity index (χ0v) is 15.3. The highest BCUT2D eigenvalue weighted by molar-refractivity contribution is 7.99. The Labute approximate surface area is 154 Å². The number of anilines is 1. The molecule has 144 valence electrons. The number of aliphatic hydroxyl groups is 3. The van der Waals surface area contributed by atoms with Crippen molar-refractivity contribution in [1.82, 2.24) is 25.0 Å². The topological polar surface area (TPSA) is 152 Å². The van der Waals surface area contributed by atoms with Crippen molar-refractivity contribution in [3.05, 3.63) is 0 Å². The van der Waals surface area contributed by atoms with Gasteiger partial charge in [-0.15, -0.1) is 5.10 Å². The highest BCUT2D eigenvalue weighted by atomic mass is 32.2. The Hall–Kier alpha value is -1.53. The van der Waals surface area contributed by atoms with Crippen molar-refractivity contribution in [3.8, 4) is 0 Å². The van der Waals surface area contributed by atoms with Gasteiger partial charge in [-0.1, -0.05) is 23.9 Å². The van der Waals surface area contributed by atoms with Gasteiger partial charge in [0.15, 0.2) is 22.1 Å². The summed E-state index contributed by atoms with van der Waals surface area (Å²) in [6, 6.07) is 0. The van der Waals surface area contributed by atoms with E-state index in [9.17, 15) is 10.2 Å². The predicted molar refractivity (Wildman–Crippen MR) is 95.5 cm³/mol. The van der Waals surface area contributed by atoms with Crippen LogP contribution in [0.5, 0.6) is 0 Å². The molecule has 0 saturated heterocycles. The van der Waals surface area contributed by atoms with Gasteiger partial charge in [-0.25, -0.2) is 14.6 Å². The zero-order chi connectivity index (χ0) is 18.7. The van der Waals surface area contributed by atoms with E-state index in [-0.39, 0.29) is 24.9 Å². The maximum Gasteiger partial charge on any atom is 0.191 e. The van der Waals surface area contributed by atoms with Gasteiger partial charge in [-0.05, 0) is 12.8 Å². The predicted octanol–water partition coefficient (Wildman–Crippen LogP) is -0.575. The lowest BCUT2D eigenvalue weighted by molar-refractivity contribution is -0.0635. The molecule has 0 radical (unpaired) electrons. The highest BCUT2D eigenvalue weighted by Crippen LogP contribution is 2.31. The number of nitrogens with zero attached hydrogens (tertiary/aromatic N) is 5. The van der Waals surface area contributed by atoms with E-state index in [1.54, 1.807) is 4.68 Å². The SMILES string of the molecule is CCCSc1nc(N)c2nnn(C[C@@H]3C[C@H](OCCO)[C@@H](O)[C@H]3O)c2n1. The summed E-state index contributed by atoms with van der Waals surface area (Å²) in [6.45, 7) is 2.38. The number of nitrogens with two attached hydrogens (primary N) is 1. The van der Waals surface area contributed by atoms with Crippen molar-refractivity contribution in [3.63, 3.8) is 0 Å². The van der Waals surface area contributed by atoms with Gasteiger partial charge < -0.3 is 25.8 Å². The minimum absolute atomic E-state index is 0.120. The first-order chi connectivity index (χ1) is 12.5. The molecule has 0 aliphatic heterocycles. The van der Waals surface area contributed by atoms with E-state index >= 15 is 0 Å². The molecule has 10 nitrogen and oxygen atoms in total. The summed E-state index contributed by atoms with van der Waals surface area (Å²) in [5.41, 5.74) is 6.90. The lowest BCUT2D eigenvalue weighted by Crippen LogP contribution is -2.33. The van der Waals surface area contributed by atoms with Gasteiger partial charge in [0.2, 0.25) is 0 Å². The Kier molecular flexibility index (Phi) is 6.24. The summed E-state index contributed by atoms with van der Waals surface area (Å²) in [5, 5.41) is 38.0. The third kappa shape index (κ3) is 3.91. The third-order valence-electron chi connectivity index (χ3n) is 4.38. The van der Waals surface area contributed by atoms with Crippen LogP contribution in [0, 0.1) is 5.92 Å². The number of fused-ring (bicyclic) bond motifs is 1. The number of rotatable bonds is 8. The van der Waals surface area contributed by atoms with E-state index in [4.69, 9.17) is 15.6 Å². The minimum Gasteiger partial charge on any atom is -0.394 e. The van der Waals surface area contributed by atoms with E-state index in [0.717, 1.165) is 12.2 Å². The molecule has 1 fully saturated rings. The van der Waals surface area contributed by atoms with E-state index in [1.807, 2.05) is 0 Å². The van der Waals surface area contributed by atoms with Crippen LogP contribution in [0.15, 0.2) is 5.16 Å². The normalized spacial score (nSPS) is 26.0. The molecular formula is C15H24N6O4S. The molecule has 0 amide bonds. The molecule has 1 aliphatic rings. The number of hydrogen-bond donors (Lipinski definition) is 4. The van der Waals surface area contributed by atoms with Crippen molar-refractivity contribution in [1.29, 1.82) is 0 Å². The zero-order valence-electron chi connectivity index (χ0n) is 14.5. The average Bonchev–Trinajstić information content (AvgIpc) is 3.15. The molecule has 0 spiro atoms. The number of thioether (sulfide) groups is 1. The van der Waals surface area contributed by atoms with Crippen LogP contribution >= 0.6 is 11.8 Å². The molecule has 5 N–H and O–H groups in total. The fourth-order valence-corrected chi connectivity index (χ4v) is 3.79. The average molecular weight is 384 g/mol. The van der Waals surface area contributed by atoms with Crippen molar-refractivity contribution in [2.24, 2.45) is 5.92 Å². The van der Waals surface area contributed by atoms with Crippen LogP contribution in [0.2, 0.25) is 0 Å². The first kappa shape index (κ1) is 19.2. The maximum atomic E-state index is 10.3. The Bertz CT molecular complexity index is 744. The number of aromatic nitrogens is 5. The molecule has 2 aromatic heterocycles. The summed E-state index contributed by atoms with van der Waals surface area (Å²) in [6.07, 6.45) is -1.04. The Balaban J connectivity index is 1.79. The second-order valence-corrected chi connectivity index (χ2v) is 7.36. The van der Waals surface area contributed by atoms with E-state index < -0.39 is 18.3 Å². The minimum atomic E-state index is -1.00. The van der Waals surface area contributed by atoms with Gasteiger partial charge >= 0.3 is 0 Å². The molecular weight excluding hydrogens is 360 g/mol. The summed E-state index contributed by atoms with van der Waals surface area (Å²) < 4.78 is 6.98. The molecule has 1 saturated carbocycles. The molecule has 0 aromatic carbocycles. The monoisotopic (exact) mass is 384 g/mol. The van der Waals surface area contributed by atoms with Crippen molar-refractivity contribution in [2.45, 2.75) is 49.8 Å². The second-order valence-electron chi connectivity index (χ2n) is 6.29. The standard InChI is InChI=1S/C15H24N6O4S/c1-2-5-26-15-17-13(16)10-14(18-15)21(20-19-10)7-8-6-9(25-4-3-22)12(24)11(8)23/h8-9,11-12,22-24H,2-7H2,1H3,(H2,16,17,18)/t8-,9-,11-,12+/m0/s1. The summed E-state index contributed by atoms with van der Waals surface area (Å²) in [7, 11) is 0.